The van der Waals surface area contributed by atoms with E-state index in [0.717, 1.165) is 7.11 Å². The van der Waals surface area contributed by atoms with Gasteiger partial charge in [0.15, 0.2) is 49.6 Å². The molecule has 4 heterocycles. The van der Waals surface area contributed by atoms with Crippen LogP contribution in [0, 0.1) is 0 Å². The fourth-order valence-corrected chi connectivity index (χ4v) is 5.76. The topological polar surface area (TPSA) is 417 Å². The Hall–Kier alpha value is -2.80. The largest absolute Gasteiger partial charge is 0.479 e. The van der Waals surface area contributed by atoms with Crippen LogP contribution in [0.1, 0.15) is 0 Å². The van der Waals surface area contributed by atoms with E-state index in [1.807, 2.05) is 0 Å². The van der Waals surface area contributed by atoms with Gasteiger partial charge in [0.25, 0.3) is 0 Å². The summed E-state index contributed by atoms with van der Waals surface area (Å²) in [4.78, 5) is 47.7. The SMILES string of the molecule is COC1C(C(=O)O)OC(O[C@H]2C(O)C(O)C(OC3C(C(=O)O)OC(OC4C(C(=O)O)OC(O)C(N)C4O)C(N)[C@H]3O)O[C@H]2C(=O)O)C(O)[C@@H]1O. The molecule has 0 aromatic carbocycles. The third-order valence-corrected chi connectivity index (χ3v) is 8.48. The highest BCUT2D eigenvalue weighted by atomic mass is 16.8. The summed E-state index contributed by atoms with van der Waals surface area (Å²) in [5.41, 5.74) is 11.6. The van der Waals surface area contributed by atoms with Gasteiger partial charge >= 0.3 is 23.9 Å². The molecule has 0 aromatic rings. The van der Waals surface area contributed by atoms with E-state index in [1.165, 1.54) is 0 Å². The second-order valence-electron chi connectivity index (χ2n) is 11.7. The van der Waals surface area contributed by atoms with Crippen LogP contribution in [0.2, 0.25) is 0 Å². The van der Waals surface area contributed by atoms with Gasteiger partial charge in [0, 0.05) is 7.11 Å². The molecule has 0 radical (unpaired) electrons. The molecular formula is C25H38N2O23. The van der Waals surface area contributed by atoms with Gasteiger partial charge in [-0.05, 0) is 0 Å². The Labute approximate surface area is 278 Å². The molecule has 4 fully saturated rings. The van der Waals surface area contributed by atoms with E-state index in [1.54, 1.807) is 0 Å². The summed E-state index contributed by atoms with van der Waals surface area (Å²) in [5, 5.41) is 112. The zero-order valence-electron chi connectivity index (χ0n) is 25.5. The lowest BCUT2D eigenvalue weighted by molar-refractivity contribution is -0.368. The van der Waals surface area contributed by atoms with E-state index in [-0.39, 0.29) is 0 Å². The summed E-state index contributed by atoms with van der Waals surface area (Å²) in [6, 6.07) is -3.45. The van der Waals surface area contributed by atoms with Crippen LogP contribution in [0.4, 0.5) is 0 Å². The maximum Gasteiger partial charge on any atom is 0.335 e. The molecule has 0 aliphatic carbocycles. The van der Waals surface area contributed by atoms with Crippen LogP contribution in [0.25, 0.3) is 0 Å². The maximum atomic E-state index is 12.2. The Morgan fingerprint density at radius 3 is 1.20 bits per heavy atom. The van der Waals surface area contributed by atoms with Crippen LogP contribution < -0.4 is 11.5 Å². The molecule has 4 rings (SSSR count). The fraction of sp³-hybridized carbons (Fsp3) is 0.840. The molecule has 50 heavy (non-hydrogen) atoms. The van der Waals surface area contributed by atoms with E-state index in [9.17, 15) is 75.3 Å². The zero-order valence-corrected chi connectivity index (χ0v) is 25.5. The van der Waals surface area contributed by atoms with Crippen molar-refractivity contribution in [2.45, 2.75) is 123 Å². The highest BCUT2D eigenvalue weighted by Gasteiger charge is 2.58. The minimum absolute atomic E-state index is 1.01. The van der Waals surface area contributed by atoms with Crippen molar-refractivity contribution < 1.29 is 113 Å². The van der Waals surface area contributed by atoms with Gasteiger partial charge in [-0.2, -0.15) is 0 Å². The molecule has 20 atom stereocenters. The summed E-state index contributed by atoms with van der Waals surface area (Å²) in [6.45, 7) is 0. The number of ether oxygens (including phenoxy) is 8. The standard InChI is InChI=1S/C25H38N2O23/c1-43-10-6(30)8(32)24(49-14(10)18(34)35)47-13-7(31)9(33)25(50-17(13)21(40)41)46-12-5(29)3(27)23(48-16(12)20(38)39)45-11-4(28)2(26)22(42)44-15(11)19(36)37/h2-17,22-25,28-33,42H,26-27H2,1H3,(H,34,35)(H,36,37)(H,38,39)(H,40,41)/t2?,3?,4?,5-,6+,7?,8?,9?,10?,11?,12?,13+,14?,15?,16?,17-,22?,23?,24?,25?/m1/s1. The Morgan fingerprint density at radius 2 is 0.780 bits per heavy atom. The predicted molar refractivity (Wildman–Crippen MR) is 145 cm³/mol. The maximum absolute atomic E-state index is 12.2. The van der Waals surface area contributed by atoms with Gasteiger partial charge in [-0.3, -0.25) is 0 Å². The van der Waals surface area contributed by atoms with Crippen molar-refractivity contribution in [1.82, 2.24) is 0 Å². The van der Waals surface area contributed by atoms with Gasteiger partial charge < -0.3 is 106 Å². The number of nitrogens with two attached hydrogens (primary N) is 2. The summed E-state index contributed by atoms with van der Waals surface area (Å²) < 4.78 is 41.4. The molecular weight excluding hydrogens is 696 g/mol. The van der Waals surface area contributed by atoms with Crippen LogP contribution in [0.15, 0.2) is 0 Å². The lowest BCUT2D eigenvalue weighted by Crippen LogP contribution is -2.70. The van der Waals surface area contributed by atoms with Gasteiger partial charge in [0.2, 0.25) is 0 Å². The van der Waals surface area contributed by atoms with Crippen molar-refractivity contribution in [2.24, 2.45) is 11.5 Å². The van der Waals surface area contributed by atoms with E-state index in [0.29, 0.717) is 0 Å². The molecule has 0 amide bonds. The van der Waals surface area contributed by atoms with E-state index in [4.69, 9.17) is 49.4 Å². The van der Waals surface area contributed by atoms with Crippen molar-refractivity contribution >= 4 is 23.9 Å². The quantitative estimate of drug-likeness (QED) is 0.0937. The van der Waals surface area contributed by atoms with Crippen LogP contribution in [-0.4, -0.2) is 210 Å². The van der Waals surface area contributed by atoms with Crippen LogP contribution in [0.5, 0.6) is 0 Å². The fourth-order valence-electron chi connectivity index (χ4n) is 5.76. The Bertz CT molecular complexity index is 1240. The number of aliphatic hydroxyl groups is 7. The van der Waals surface area contributed by atoms with Gasteiger partial charge in [0.05, 0.1) is 12.1 Å². The molecule has 0 spiro atoms. The van der Waals surface area contributed by atoms with Crippen LogP contribution in [-0.2, 0) is 57.1 Å². The minimum Gasteiger partial charge on any atom is -0.479 e. The molecule has 25 heteroatoms. The summed E-state index contributed by atoms with van der Waals surface area (Å²) in [5.74, 6) is -7.22. The number of aliphatic hydroxyl groups excluding tert-OH is 7. The van der Waals surface area contributed by atoms with Gasteiger partial charge in [0.1, 0.15) is 61.0 Å². The first-order chi connectivity index (χ1) is 23.3. The number of carbonyl (C=O) groups is 4. The minimum atomic E-state index is -2.35. The third kappa shape index (κ3) is 7.68. The highest BCUT2D eigenvalue weighted by molar-refractivity contribution is 5.75. The lowest BCUT2D eigenvalue weighted by atomic mass is 9.94. The number of rotatable bonds is 11. The molecule has 0 aromatic heterocycles. The normalized spacial score (nSPS) is 48.4. The van der Waals surface area contributed by atoms with Gasteiger partial charge in [-0.1, -0.05) is 0 Å². The molecule has 4 aliphatic heterocycles. The summed E-state index contributed by atoms with van der Waals surface area (Å²) in [6.07, 6.45) is -37.8. The van der Waals surface area contributed by atoms with Crippen LogP contribution >= 0.6 is 0 Å². The summed E-state index contributed by atoms with van der Waals surface area (Å²) in [7, 11) is 1.01. The van der Waals surface area contributed by atoms with Crippen molar-refractivity contribution in [1.29, 1.82) is 0 Å². The molecule has 15 N–H and O–H groups in total. The molecule has 25 nitrogen and oxygen atoms in total. The van der Waals surface area contributed by atoms with Crippen molar-refractivity contribution in [2.75, 3.05) is 7.11 Å². The molecule has 286 valence electrons. The van der Waals surface area contributed by atoms with Crippen molar-refractivity contribution in [3.63, 3.8) is 0 Å². The smallest absolute Gasteiger partial charge is 0.335 e. The second-order valence-corrected chi connectivity index (χ2v) is 11.7. The molecule has 16 unspecified atom stereocenters. The molecule has 0 saturated carbocycles. The predicted octanol–water partition coefficient (Wildman–Crippen LogP) is -8.79. The molecule has 4 saturated heterocycles. The molecule has 0 bridgehead atoms. The van der Waals surface area contributed by atoms with Crippen molar-refractivity contribution in [3.8, 4) is 0 Å². The second kappa shape index (κ2) is 15.8. The Balaban J connectivity index is 1.51. The van der Waals surface area contributed by atoms with E-state index >= 15 is 0 Å². The van der Waals surface area contributed by atoms with Crippen molar-refractivity contribution in [3.05, 3.63) is 0 Å². The van der Waals surface area contributed by atoms with E-state index < -0.39 is 147 Å². The zero-order chi connectivity index (χ0) is 37.5. The number of aliphatic carboxylic acids is 4. The summed E-state index contributed by atoms with van der Waals surface area (Å²) >= 11 is 0. The number of carboxylic acids is 4. The monoisotopic (exact) mass is 734 g/mol. The number of hydrogen-bond donors (Lipinski definition) is 13. The highest BCUT2D eigenvalue weighted by Crippen LogP contribution is 2.34. The Kier molecular flexibility index (Phi) is 12.7. The van der Waals surface area contributed by atoms with Gasteiger partial charge in [-0.15, -0.1) is 0 Å². The third-order valence-electron chi connectivity index (χ3n) is 8.48. The average molecular weight is 735 g/mol. The van der Waals surface area contributed by atoms with E-state index in [2.05, 4.69) is 0 Å². The van der Waals surface area contributed by atoms with Gasteiger partial charge in [-0.25, -0.2) is 19.2 Å². The van der Waals surface area contributed by atoms with Crippen LogP contribution in [0.3, 0.4) is 0 Å². The first-order valence-electron chi connectivity index (χ1n) is 14.6. The first kappa shape index (κ1) is 40.0. The first-order valence-corrected chi connectivity index (χ1v) is 14.6. The lowest BCUT2D eigenvalue weighted by Gasteiger charge is -2.48. The Morgan fingerprint density at radius 1 is 0.460 bits per heavy atom. The number of carboxylic acid groups (broad SMARTS) is 4. The number of methoxy groups -OCH3 is 1. The average Bonchev–Trinajstić information content (AvgIpc) is 3.05. The molecule has 4 aliphatic rings. The number of hydrogen-bond acceptors (Lipinski definition) is 21.